The van der Waals surface area contributed by atoms with Gasteiger partial charge in [0.1, 0.15) is 5.69 Å². The summed E-state index contributed by atoms with van der Waals surface area (Å²) in [5, 5.41) is 8.75. The van der Waals surface area contributed by atoms with E-state index in [-0.39, 0.29) is 17.1 Å². The van der Waals surface area contributed by atoms with Crippen molar-refractivity contribution in [3.63, 3.8) is 0 Å². The number of hydrogen-bond acceptors (Lipinski definition) is 3. The zero-order chi connectivity index (χ0) is 13.3. The van der Waals surface area contributed by atoms with Gasteiger partial charge in [-0.2, -0.15) is 0 Å². The Labute approximate surface area is 105 Å². The molecule has 5 nitrogen and oxygen atoms in total. The van der Waals surface area contributed by atoms with E-state index in [0.29, 0.717) is 5.56 Å². The molecule has 0 aliphatic carbocycles. The molecule has 0 spiro atoms. The number of nitrogens with zero attached hydrogens (tertiary/aromatic N) is 2. The second kappa shape index (κ2) is 4.40. The Morgan fingerprint density at radius 3 is 2.56 bits per heavy atom. The van der Waals surface area contributed by atoms with Gasteiger partial charge in [-0.25, -0.2) is 9.78 Å². The monoisotopic (exact) mass is 248 g/mol. The second-order valence-corrected chi connectivity index (χ2v) is 5.11. The fourth-order valence-corrected chi connectivity index (χ4v) is 2.29. The minimum Gasteiger partial charge on any atom is -0.477 e. The average molecular weight is 248 g/mol. The molecule has 0 aromatic carbocycles. The van der Waals surface area contributed by atoms with Gasteiger partial charge in [-0.3, -0.25) is 4.79 Å². The topological polar surface area (TPSA) is 70.5 Å². The Bertz CT molecular complexity index is 480. The molecule has 96 valence electrons. The van der Waals surface area contributed by atoms with Gasteiger partial charge >= 0.3 is 5.97 Å². The molecular weight excluding hydrogens is 232 g/mol. The molecule has 0 unspecified atom stereocenters. The largest absolute Gasteiger partial charge is 0.477 e. The number of carbonyl (C=O) groups excluding carboxylic acids is 1. The quantitative estimate of drug-likeness (QED) is 0.866. The molecule has 1 fully saturated rings. The summed E-state index contributed by atoms with van der Waals surface area (Å²) >= 11 is 0. The number of likely N-dealkylation sites (tertiary alicyclic amines) is 1. The number of rotatable bonds is 2. The predicted octanol–water partition coefficient (Wildman–Crippen LogP) is 1.79. The first-order valence-corrected chi connectivity index (χ1v) is 5.93. The highest BCUT2D eigenvalue weighted by molar-refractivity contribution is 5.95. The minimum absolute atomic E-state index is 0.0489. The maximum absolute atomic E-state index is 12.3. The van der Waals surface area contributed by atoms with Crippen molar-refractivity contribution in [2.24, 2.45) is 0 Å². The molecule has 0 atom stereocenters. The lowest BCUT2D eigenvalue weighted by Crippen LogP contribution is -2.42. The van der Waals surface area contributed by atoms with Crippen LogP contribution >= 0.6 is 0 Å². The molecular formula is C13H16N2O3. The molecule has 0 saturated carbocycles. The van der Waals surface area contributed by atoms with E-state index in [9.17, 15) is 9.59 Å². The predicted molar refractivity (Wildman–Crippen MR) is 65.5 cm³/mol. The highest BCUT2D eigenvalue weighted by atomic mass is 16.4. The fourth-order valence-electron chi connectivity index (χ4n) is 2.29. The number of carbonyl (C=O) groups is 2. The van der Waals surface area contributed by atoms with Crippen LogP contribution in [0.2, 0.25) is 0 Å². The van der Waals surface area contributed by atoms with Crippen LogP contribution in [0.1, 0.15) is 47.5 Å². The third kappa shape index (κ3) is 2.20. The van der Waals surface area contributed by atoms with Crippen molar-refractivity contribution in [2.75, 3.05) is 6.54 Å². The van der Waals surface area contributed by atoms with Crippen molar-refractivity contribution in [3.8, 4) is 0 Å². The van der Waals surface area contributed by atoms with Crippen molar-refractivity contribution in [1.82, 2.24) is 9.88 Å². The normalized spacial score (nSPS) is 17.8. The van der Waals surface area contributed by atoms with Gasteiger partial charge < -0.3 is 10.0 Å². The van der Waals surface area contributed by atoms with Crippen LogP contribution in [0.3, 0.4) is 0 Å². The lowest BCUT2D eigenvalue weighted by atomic mass is 10.0. The van der Waals surface area contributed by atoms with E-state index in [1.165, 1.54) is 18.3 Å². The summed E-state index contributed by atoms with van der Waals surface area (Å²) in [7, 11) is 0. The van der Waals surface area contributed by atoms with Gasteiger partial charge in [0, 0.05) is 18.3 Å². The molecule has 1 aliphatic heterocycles. The van der Waals surface area contributed by atoms with Crippen LogP contribution in [-0.4, -0.2) is 39.0 Å². The highest BCUT2D eigenvalue weighted by Crippen LogP contribution is 2.29. The number of hydrogen-bond donors (Lipinski definition) is 1. The Balaban J connectivity index is 2.21. The molecule has 2 rings (SSSR count). The lowest BCUT2D eigenvalue weighted by molar-refractivity contribution is 0.0645. The Morgan fingerprint density at radius 2 is 2.11 bits per heavy atom. The maximum atomic E-state index is 12.3. The van der Waals surface area contributed by atoms with Gasteiger partial charge in [0.15, 0.2) is 0 Å². The minimum atomic E-state index is -1.09. The van der Waals surface area contributed by atoms with E-state index in [2.05, 4.69) is 4.98 Å². The molecule has 5 heteroatoms. The van der Waals surface area contributed by atoms with Gasteiger partial charge in [0.2, 0.25) is 0 Å². The summed E-state index contributed by atoms with van der Waals surface area (Å²) in [6, 6.07) is 2.88. The van der Waals surface area contributed by atoms with Crippen molar-refractivity contribution >= 4 is 11.9 Å². The fraction of sp³-hybridized carbons (Fsp3) is 0.462. The van der Waals surface area contributed by atoms with Crippen molar-refractivity contribution in [3.05, 3.63) is 29.6 Å². The van der Waals surface area contributed by atoms with E-state index >= 15 is 0 Å². The van der Waals surface area contributed by atoms with Crippen LogP contribution in [0, 0.1) is 0 Å². The third-order valence-electron chi connectivity index (χ3n) is 3.38. The second-order valence-electron chi connectivity index (χ2n) is 5.11. The van der Waals surface area contributed by atoms with Crippen LogP contribution < -0.4 is 0 Å². The van der Waals surface area contributed by atoms with Crippen molar-refractivity contribution < 1.29 is 14.7 Å². The molecule has 1 N–H and O–H groups in total. The van der Waals surface area contributed by atoms with Gasteiger partial charge in [0.05, 0.1) is 5.56 Å². The van der Waals surface area contributed by atoms with Crippen LogP contribution in [0.15, 0.2) is 18.3 Å². The highest BCUT2D eigenvalue weighted by Gasteiger charge is 2.35. The summed E-state index contributed by atoms with van der Waals surface area (Å²) in [6.07, 6.45) is 3.32. The number of aromatic carboxylic acids is 1. The Morgan fingerprint density at radius 1 is 1.39 bits per heavy atom. The van der Waals surface area contributed by atoms with Crippen LogP contribution in [0.4, 0.5) is 0 Å². The number of carboxylic acids is 1. The summed E-state index contributed by atoms with van der Waals surface area (Å²) in [5.41, 5.74) is 0.255. The van der Waals surface area contributed by atoms with Crippen molar-refractivity contribution in [2.45, 2.75) is 32.2 Å². The summed E-state index contributed by atoms with van der Waals surface area (Å²) in [6.45, 7) is 4.82. The molecule has 1 saturated heterocycles. The first-order valence-electron chi connectivity index (χ1n) is 5.93. The molecule has 1 aliphatic rings. The molecule has 1 amide bonds. The summed E-state index contributed by atoms with van der Waals surface area (Å²) in [4.78, 5) is 28.6. The number of aromatic nitrogens is 1. The van der Waals surface area contributed by atoms with Gasteiger partial charge in [-0.15, -0.1) is 0 Å². The van der Waals surface area contributed by atoms with Gasteiger partial charge in [-0.05, 0) is 38.8 Å². The number of amides is 1. The molecule has 2 heterocycles. The molecule has 0 bridgehead atoms. The van der Waals surface area contributed by atoms with E-state index in [4.69, 9.17) is 5.11 Å². The zero-order valence-electron chi connectivity index (χ0n) is 10.5. The summed E-state index contributed by atoms with van der Waals surface area (Å²) in [5.74, 6) is -1.17. The van der Waals surface area contributed by atoms with Crippen LogP contribution in [0.5, 0.6) is 0 Å². The van der Waals surface area contributed by atoms with Crippen LogP contribution in [-0.2, 0) is 0 Å². The Hall–Kier alpha value is -1.91. The molecule has 1 aromatic rings. The van der Waals surface area contributed by atoms with E-state index in [1.807, 2.05) is 18.7 Å². The average Bonchev–Trinajstić information content (AvgIpc) is 2.68. The number of pyridine rings is 1. The molecule has 1 aromatic heterocycles. The van der Waals surface area contributed by atoms with Crippen LogP contribution in [0.25, 0.3) is 0 Å². The van der Waals surface area contributed by atoms with Gasteiger partial charge in [0.25, 0.3) is 5.91 Å². The van der Waals surface area contributed by atoms with E-state index in [1.54, 1.807) is 0 Å². The zero-order valence-corrected chi connectivity index (χ0v) is 10.5. The first-order chi connectivity index (χ1) is 8.42. The van der Waals surface area contributed by atoms with Gasteiger partial charge in [-0.1, -0.05) is 0 Å². The lowest BCUT2D eigenvalue weighted by Gasteiger charge is -2.31. The molecule has 0 radical (unpaired) electrons. The standard InChI is InChI=1S/C13H16N2O3/c1-13(2)6-3-7-15(13)11(16)9-4-5-10(12(17)18)14-8-9/h4-5,8H,3,6-7H2,1-2H3,(H,17,18). The Kier molecular flexibility index (Phi) is 3.07. The van der Waals surface area contributed by atoms with Crippen molar-refractivity contribution in [1.29, 1.82) is 0 Å². The first kappa shape index (κ1) is 12.5. The van der Waals surface area contributed by atoms with E-state index in [0.717, 1.165) is 19.4 Å². The number of carboxylic acid groups (broad SMARTS) is 1. The molecule has 18 heavy (non-hydrogen) atoms. The smallest absolute Gasteiger partial charge is 0.354 e. The maximum Gasteiger partial charge on any atom is 0.354 e. The summed E-state index contributed by atoms with van der Waals surface area (Å²) < 4.78 is 0. The third-order valence-corrected chi connectivity index (χ3v) is 3.38. The van der Waals surface area contributed by atoms with E-state index < -0.39 is 5.97 Å². The SMILES string of the molecule is CC1(C)CCCN1C(=O)c1ccc(C(=O)O)nc1.